The highest BCUT2D eigenvalue weighted by atomic mass is 16.6. The summed E-state index contributed by atoms with van der Waals surface area (Å²) in [4.78, 5) is 23.4. The van der Waals surface area contributed by atoms with Crippen LogP contribution in [0.3, 0.4) is 0 Å². The van der Waals surface area contributed by atoms with Gasteiger partial charge in [-0.15, -0.1) is 0 Å². The first-order valence-electron chi connectivity index (χ1n) is 8.45. The Labute approximate surface area is 144 Å². The molecule has 1 amide bonds. The van der Waals surface area contributed by atoms with E-state index in [0.717, 1.165) is 24.8 Å². The van der Waals surface area contributed by atoms with Crippen LogP contribution in [0.2, 0.25) is 0 Å². The zero-order chi connectivity index (χ0) is 18.0. The Balaban J connectivity index is 2.09. The molecule has 1 rings (SSSR count). The summed E-state index contributed by atoms with van der Waals surface area (Å²) in [6.07, 6.45) is 1.97. The SMILES string of the molecule is C[C@@H](CCCCNC(=O)OCc1ccccc1)C(=O)OC(C)(C)C. The van der Waals surface area contributed by atoms with E-state index in [0.29, 0.717) is 6.54 Å². The first-order chi connectivity index (χ1) is 11.3. The summed E-state index contributed by atoms with van der Waals surface area (Å²) >= 11 is 0. The summed E-state index contributed by atoms with van der Waals surface area (Å²) in [6.45, 7) is 8.26. The van der Waals surface area contributed by atoms with Crippen molar-refractivity contribution in [2.45, 2.75) is 59.2 Å². The summed E-state index contributed by atoms with van der Waals surface area (Å²) in [5, 5.41) is 2.72. The molecule has 1 aromatic carbocycles. The van der Waals surface area contributed by atoms with E-state index in [1.807, 2.05) is 58.0 Å². The van der Waals surface area contributed by atoms with Crippen LogP contribution in [-0.4, -0.2) is 24.2 Å². The molecule has 0 saturated carbocycles. The van der Waals surface area contributed by atoms with Crippen molar-refractivity contribution in [2.75, 3.05) is 6.54 Å². The number of alkyl carbamates (subject to hydrolysis) is 1. The van der Waals surface area contributed by atoms with E-state index in [1.165, 1.54) is 0 Å². The lowest BCUT2D eigenvalue weighted by Gasteiger charge is -2.22. The van der Waals surface area contributed by atoms with Crippen molar-refractivity contribution >= 4 is 12.1 Å². The number of hydrogen-bond donors (Lipinski definition) is 1. The second-order valence-electron chi connectivity index (χ2n) is 6.92. The van der Waals surface area contributed by atoms with Gasteiger partial charge in [-0.3, -0.25) is 4.79 Å². The molecule has 0 heterocycles. The number of carbonyl (C=O) groups is 2. The van der Waals surface area contributed by atoms with Gasteiger partial charge in [0.1, 0.15) is 12.2 Å². The Morgan fingerprint density at radius 1 is 1.12 bits per heavy atom. The Morgan fingerprint density at radius 3 is 2.42 bits per heavy atom. The molecule has 1 aromatic rings. The van der Waals surface area contributed by atoms with Crippen molar-refractivity contribution < 1.29 is 19.1 Å². The van der Waals surface area contributed by atoms with Crippen molar-refractivity contribution in [3.05, 3.63) is 35.9 Å². The molecule has 0 saturated heterocycles. The van der Waals surface area contributed by atoms with Gasteiger partial charge in [-0.25, -0.2) is 4.79 Å². The molecule has 1 atom stereocenters. The van der Waals surface area contributed by atoms with Crippen LogP contribution in [0.1, 0.15) is 52.5 Å². The molecule has 0 aliphatic heterocycles. The summed E-state index contributed by atoms with van der Waals surface area (Å²) in [7, 11) is 0. The van der Waals surface area contributed by atoms with Crippen LogP contribution in [0.15, 0.2) is 30.3 Å². The average molecular weight is 335 g/mol. The van der Waals surface area contributed by atoms with Gasteiger partial charge in [0.05, 0.1) is 5.92 Å². The lowest BCUT2D eigenvalue weighted by molar-refractivity contribution is -0.159. The number of nitrogens with one attached hydrogen (secondary N) is 1. The maximum Gasteiger partial charge on any atom is 0.407 e. The Bertz CT molecular complexity index is 508. The molecule has 0 spiro atoms. The Kier molecular flexibility index (Phi) is 8.30. The van der Waals surface area contributed by atoms with Gasteiger partial charge in [0.15, 0.2) is 0 Å². The number of amides is 1. The number of unbranched alkanes of at least 4 members (excludes halogenated alkanes) is 1. The fourth-order valence-electron chi connectivity index (χ4n) is 2.06. The minimum Gasteiger partial charge on any atom is -0.460 e. The maximum absolute atomic E-state index is 11.8. The van der Waals surface area contributed by atoms with Crippen molar-refractivity contribution in [1.82, 2.24) is 5.32 Å². The number of esters is 1. The molecule has 24 heavy (non-hydrogen) atoms. The smallest absolute Gasteiger partial charge is 0.407 e. The fourth-order valence-corrected chi connectivity index (χ4v) is 2.06. The summed E-state index contributed by atoms with van der Waals surface area (Å²) in [6, 6.07) is 9.55. The van der Waals surface area contributed by atoms with Gasteiger partial charge in [0, 0.05) is 6.54 Å². The van der Waals surface area contributed by atoms with Gasteiger partial charge >= 0.3 is 12.1 Å². The van der Waals surface area contributed by atoms with Crippen LogP contribution >= 0.6 is 0 Å². The van der Waals surface area contributed by atoms with Crippen LogP contribution in [0.25, 0.3) is 0 Å². The van der Waals surface area contributed by atoms with Gasteiger partial charge in [-0.05, 0) is 39.2 Å². The van der Waals surface area contributed by atoms with Crippen LogP contribution in [0, 0.1) is 5.92 Å². The van der Waals surface area contributed by atoms with E-state index < -0.39 is 11.7 Å². The van der Waals surface area contributed by atoms with Gasteiger partial charge in [0.25, 0.3) is 0 Å². The summed E-state index contributed by atoms with van der Waals surface area (Å²) in [5.74, 6) is -0.299. The molecule has 0 aromatic heterocycles. The zero-order valence-electron chi connectivity index (χ0n) is 15.1. The molecule has 134 valence electrons. The molecule has 0 aliphatic carbocycles. The Hall–Kier alpha value is -2.04. The molecule has 5 nitrogen and oxygen atoms in total. The molecule has 1 N–H and O–H groups in total. The van der Waals surface area contributed by atoms with Gasteiger partial charge < -0.3 is 14.8 Å². The van der Waals surface area contributed by atoms with Gasteiger partial charge in [-0.2, -0.15) is 0 Å². The molecular weight excluding hydrogens is 306 g/mol. The molecule has 0 radical (unpaired) electrons. The monoisotopic (exact) mass is 335 g/mol. The molecule has 0 aliphatic rings. The number of rotatable bonds is 8. The number of ether oxygens (including phenoxy) is 2. The third-order valence-corrected chi connectivity index (χ3v) is 3.36. The first-order valence-corrected chi connectivity index (χ1v) is 8.45. The Morgan fingerprint density at radius 2 is 1.79 bits per heavy atom. The average Bonchev–Trinajstić information content (AvgIpc) is 2.51. The number of hydrogen-bond acceptors (Lipinski definition) is 4. The van der Waals surface area contributed by atoms with Crippen LogP contribution in [-0.2, 0) is 20.9 Å². The molecular formula is C19H29NO4. The van der Waals surface area contributed by atoms with Crippen molar-refractivity contribution in [3.8, 4) is 0 Å². The van der Waals surface area contributed by atoms with E-state index in [2.05, 4.69) is 5.32 Å². The standard InChI is InChI=1S/C19H29NO4/c1-15(17(21)24-19(2,3)4)10-8-9-13-20-18(22)23-14-16-11-6-5-7-12-16/h5-7,11-12,15H,8-10,13-14H2,1-4H3,(H,20,22)/t15-/m0/s1. The number of carbonyl (C=O) groups excluding carboxylic acids is 2. The summed E-state index contributed by atoms with van der Waals surface area (Å²) < 4.78 is 10.5. The van der Waals surface area contributed by atoms with E-state index in [1.54, 1.807) is 0 Å². The minimum atomic E-state index is -0.449. The highest BCUT2D eigenvalue weighted by Crippen LogP contribution is 2.15. The molecule has 0 unspecified atom stereocenters. The molecule has 0 fully saturated rings. The topological polar surface area (TPSA) is 64.6 Å². The van der Waals surface area contributed by atoms with Crippen LogP contribution in [0.5, 0.6) is 0 Å². The second kappa shape index (κ2) is 9.96. The molecule has 5 heteroatoms. The lowest BCUT2D eigenvalue weighted by Crippen LogP contribution is -2.28. The van der Waals surface area contributed by atoms with Crippen molar-refractivity contribution in [2.24, 2.45) is 5.92 Å². The minimum absolute atomic E-state index is 0.130. The normalized spacial score (nSPS) is 12.3. The highest BCUT2D eigenvalue weighted by molar-refractivity contribution is 5.72. The van der Waals surface area contributed by atoms with E-state index in [9.17, 15) is 9.59 Å². The lowest BCUT2D eigenvalue weighted by atomic mass is 10.0. The first kappa shape index (κ1) is 20.0. The predicted molar refractivity (Wildman–Crippen MR) is 93.5 cm³/mol. The largest absolute Gasteiger partial charge is 0.460 e. The second-order valence-corrected chi connectivity index (χ2v) is 6.92. The molecule has 0 bridgehead atoms. The zero-order valence-corrected chi connectivity index (χ0v) is 15.1. The predicted octanol–water partition coefficient (Wildman–Crippen LogP) is 4.06. The third kappa shape index (κ3) is 9.18. The summed E-state index contributed by atoms with van der Waals surface area (Å²) in [5.41, 5.74) is 0.508. The highest BCUT2D eigenvalue weighted by Gasteiger charge is 2.21. The van der Waals surface area contributed by atoms with Crippen LogP contribution < -0.4 is 5.32 Å². The number of benzene rings is 1. The van der Waals surface area contributed by atoms with E-state index in [4.69, 9.17) is 9.47 Å². The fraction of sp³-hybridized carbons (Fsp3) is 0.579. The van der Waals surface area contributed by atoms with Gasteiger partial charge in [0.2, 0.25) is 0 Å². The third-order valence-electron chi connectivity index (χ3n) is 3.36. The van der Waals surface area contributed by atoms with E-state index in [-0.39, 0.29) is 18.5 Å². The van der Waals surface area contributed by atoms with Gasteiger partial charge in [-0.1, -0.05) is 43.7 Å². The quantitative estimate of drug-likeness (QED) is 0.575. The van der Waals surface area contributed by atoms with E-state index >= 15 is 0 Å². The van der Waals surface area contributed by atoms with Crippen molar-refractivity contribution in [1.29, 1.82) is 0 Å². The van der Waals surface area contributed by atoms with Crippen molar-refractivity contribution in [3.63, 3.8) is 0 Å². The maximum atomic E-state index is 11.8. The van der Waals surface area contributed by atoms with Crippen LogP contribution in [0.4, 0.5) is 4.79 Å².